The van der Waals surface area contributed by atoms with E-state index in [9.17, 15) is 4.79 Å². The molecule has 0 aliphatic heterocycles. The Bertz CT molecular complexity index is 669. The van der Waals surface area contributed by atoms with Crippen molar-refractivity contribution in [2.24, 2.45) is 0 Å². The molecule has 0 saturated heterocycles. The van der Waals surface area contributed by atoms with Gasteiger partial charge in [0.25, 0.3) is 5.91 Å². The van der Waals surface area contributed by atoms with Crippen LogP contribution < -0.4 is 20.5 Å². The number of carbonyl (C=O) groups is 1. The highest BCUT2D eigenvalue weighted by Crippen LogP contribution is 2.27. The number of nitrogen functional groups attached to an aromatic ring is 1. The number of ether oxygens (including phenoxy) is 2. The number of carbonyl (C=O) groups excluding carboxylic acids is 1. The Morgan fingerprint density at radius 1 is 1.10 bits per heavy atom. The van der Waals surface area contributed by atoms with E-state index in [2.05, 4.69) is 5.32 Å². The van der Waals surface area contributed by atoms with Crippen molar-refractivity contribution in [1.29, 1.82) is 0 Å². The van der Waals surface area contributed by atoms with Crippen molar-refractivity contribution in [3.63, 3.8) is 0 Å². The van der Waals surface area contributed by atoms with Crippen LogP contribution in [0.5, 0.6) is 11.5 Å². The second-order valence-corrected chi connectivity index (χ2v) is 4.61. The van der Waals surface area contributed by atoms with Crippen LogP contribution >= 0.6 is 0 Å². The Balaban J connectivity index is 2.26. The lowest BCUT2D eigenvalue weighted by molar-refractivity contribution is 0.102. The van der Waals surface area contributed by atoms with Crippen molar-refractivity contribution in [1.82, 2.24) is 0 Å². The van der Waals surface area contributed by atoms with E-state index in [0.29, 0.717) is 28.4 Å². The van der Waals surface area contributed by atoms with Crippen molar-refractivity contribution in [2.45, 2.75) is 6.92 Å². The summed E-state index contributed by atoms with van der Waals surface area (Å²) in [5.74, 6) is 0.921. The molecule has 5 nitrogen and oxygen atoms in total. The molecule has 0 unspecified atom stereocenters. The van der Waals surface area contributed by atoms with Gasteiger partial charge in [-0.25, -0.2) is 0 Å². The number of hydrogen-bond donors (Lipinski definition) is 2. The summed E-state index contributed by atoms with van der Waals surface area (Å²) in [4.78, 5) is 12.3. The van der Waals surface area contributed by atoms with Crippen LogP contribution in [0.15, 0.2) is 36.4 Å². The molecule has 0 saturated carbocycles. The molecule has 2 rings (SSSR count). The van der Waals surface area contributed by atoms with Crippen LogP contribution in [0.3, 0.4) is 0 Å². The maximum Gasteiger partial charge on any atom is 0.257 e. The predicted octanol–water partition coefficient (Wildman–Crippen LogP) is 2.85. The van der Waals surface area contributed by atoms with Crippen LogP contribution in [-0.2, 0) is 0 Å². The number of amides is 1. The minimum Gasteiger partial charge on any atom is -0.497 e. The van der Waals surface area contributed by atoms with Gasteiger partial charge in [0.15, 0.2) is 0 Å². The van der Waals surface area contributed by atoms with Crippen LogP contribution in [0.4, 0.5) is 11.4 Å². The fraction of sp³-hybridized carbons (Fsp3) is 0.188. The molecule has 1 amide bonds. The summed E-state index contributed by atoms with van der Waals surface area (Å²) in [6.45, 7) is 1.95. The van der Waals surface area contributed by atoms with Gasteiger partial charge in [0, 0.05) is 11.8 Å². The van der Waals surface area contributed by atoms with Crippen molar-refractivity contribution < 1.29 is 14.3 Å². The van der Waals surface area contributed by atoms with Gasteiger partial charge in [-0.1, -0.05) is 6.07 Å². The number of rotatable bonds is 4. The molecule has 0 heterocycles. The number of anilines is 2. The van der Waals surface area contributed by atoms with Gasteiger partial charge in [0.2, 0.25) is 0 Å². The van der Waals surface area contributed by atoms with E-state index in [4.69, 9.17) is 15.2 Å². The van der Waals surface area contributed by atoms with Gasteiger partial charge >= 0.3 is 0 Å². The molecule has 2 aromatic rings. The minimum atomic E-state index is -0.294. The number of methoxy groups -OCH3 is 2. The monoisotopic (exact) mass is 286 g/mol. The minimum absolute atomic E-state index is 0.294. The largest absolute Gasteiger partial charge is 0.497 e. The highest BCUT2D eigenvalue weighted by molar-refractivity contribution is 6.08. The van der Waals surface area contributed by atoms with Crippen molar-refractivity contribution in [3.8, 4) is 11.5 Å². The molecule has 0 aromatic heterocycles. The molecule has 0 atom stereocenters. The first-order chi connectivity index (χ1) is 10.0. The molecule has 2 aromatic carbocycles. The lowest BCUT2D eigenvalue weighted by Crippen LogP contribution is -2.14. The molecule has 0 aliphatic rings. The molecule has 3 N–H and O–H groups in total. The molecule has 110 valence electrons. The van der Waals surface area contributed by atoms with Crippen LogP contribution in [-0.4, -0.2) is 20.1 Å². The van der Waals surface area contributed by atoms with Crippen molar-refractivity contribution in [2.75, 3.05) is 25.3 Å². The third kappa shape index (κ3) is 3.25. The zero-order valence-electron chi connectivity index (χ0n) is 12.3. The molecule has 0 aliphatic carbocycles. The van der Waals surface area contributed by atoms with Crippen LogP contribution in [0.1, 0.15) is 15.9 Å². The zero-order chi connectivity index (χ0) is 15.4. The maximum atomic E-state index is 12.3. The molecule has 0 radical (unpaired) electrons. The number of nitrogens with one attached hydrogen (secondary N) is 1. The smallest absolute Gasteiger partial charge is 0.257 e. The maximum absolute atomic E-state index is 12.3. The quantitative estimate of drug-likeness (QED) is 0.848. The van der Waals surface area contributed by atoms with E-state index in [1.54, 1.807) is 38.5 Å². The van der Waals surface area contributed by atoms with E-state index in [0.717, 1.165) is 5.56 Å². The molecule has 0 fully saturated rings. The standard InChI is InChI=1S/C16H18N2O3/c1-10-4-7-14(15(8-10)21-3)18-16(19)12-6-5-11(20-2)9-13(12)17/h4-9H,17H2,1-3H3,(H,18,19). The van der Waals surface area contributed by atoms with E-state index in [-0.39, 0.29) is 5.91 Å². The topological polar surface area (TPSA) is 73.6 Å². The van der Waals surface area contributed by atoms with Crippen LogP contribution in [0, 0.1) is 6.92 Å². The summed E-state index contributed by atoms with van der Waals surface area (Å²) in [6.07, 6.45) is 0. The predicted molar refractivity (Wildman–Crippen MR) is 83.1 cm³/mol. The highest BCUT2D eigenvalue weighted by atomic mass is 16.5. The van der Waals surface area contributed by atoms with Gasteiger partial charge in [-0.2, -0.15) is 0 Å². The average Bonchev–Trinajstić information content (AvgIpc) is 2.48. The third-order valence-electron chi connectivity index (χ3n) is 3.11. The number of aryl methyl sites for hydroxylation is 1. The number of nitrogens with two attached hydrogens (primary N) is 1. The van der Waals surface area contributed by atoms with Gasteiger partial charge in [-0.3, -0.25) is 4.79 Å². The molecule has 0 bridgehead atoms. The van der Waals surface area contributed by atoms with Crippen molar-refractivity contribution >= 4 is 17.3 Å². The zero-order valence-corrected chi connectivity index (χ0v) is 12.3. The Morgan fingerprint density at radius 2 is 1.86 bits per heavy atom. The molecular weight excluding hydrogens is 268 g/mol. The van der Waals surface area contributed by atoms with Gasteiger partial charge < -0.3 is 20.5 Å². The number of hydrogen-bond acceptors (Lipinski definition) is 4. The molecule has 5 heteroatoms. The molecule has 0 spiro atoms. The highest BCUT2D eigenvalue weighted by Gasteiger charge is 2.13. The van der Waals surface area contributed by atoms with E-state index >= 15 is 0 Å². The second-order valence-electron chi connectivity index (χ2n) is 4.61. The summed E-state index contributed by atoms with van der Waals surface area (Å²) in [5, 5.41) is 2.80. The Kier molecular flexibility index (Phi) is 4.33. The Morgan fingerprint density at radius 3 is 2.48 bits per heavy atom. The van der Waals surface area contributed by atoms with E-state index in [1.807, 2.05) is 19.1 Å². The molecule has 21 heavy (non-hydrogen) atoms. The summed E-state index contributed by atoms with van der Waals surface area (Å²) < 4.78 is 10.3. The number of benzene rings is 2. The fourth-order valence-corrected chi connectivity index (χ4v) is 1.97. The Labute approximate surface area is 123 Å². The van der Waals surface area contributed by atoms with Crippen LogP contribution in [0.25, 0.3) is 0 Å². The van der Waals surface area contributed by atoms with Crippen molar-refractivity contribution in [3.05, 3.63) is 47.5 Å². The van der Waals surface area contributed by atoms with Gasteiger partial charge in [0.1, 0.15) is 11.5 Å². The summed E-state index contributed by atoms with van der Waals surface area (Å²) in [7, 11) is 3.11. The lowest BCUT2D eigenvalue weighted by atomic mass is 10.1. The Hall–Kier alpha value is -2.69. The first-order valence-corrected chi connectivity index (χ1v) is 6.44. The van der Waals surface area contributed by atoms with Gasteiger partial charge in [-0.15, -0.1) is 0 Å². The summed E-state index contributed by atoms with van der Waals surface area (Å²) >= 11 is 0. The lowest BCUT2D eigenvalue weighted by Gasteiger charge is -2.12. The van der Waals surface area contributed by atoms with Gasteiger partial charge in [0.05, 0.1) is 25.5 Å². The first-order valence-electron chi connectivity index (χ1n) is 6.44. The van der Waals surface area contributed by atoms with E-state index < -0.39 is 0 Å². The first kappa shape index (κ1) is 14.7. The normalized spacial score (nSPS) is 10.0. The van der Waals surface area contributed by atoms with Gasteiger partial charge in [-0.05, 0) is 36.8 Å². The fourth-order valence-electron chi connectivity index (χ4n) is 1.97. The van der Waals surface area contributed by atoms with Crippen LogP contribution in [0.2, 0.25) is 0 Å². The second kappa shape index (κ2) is 6.17. The molecular formula is C16H18N2O3. The van der Waals surface area contributed by atoms with E-state index in [1.165, 1.54) is 0 Å². The SMILES string of the molecule is COc1ccc(C(=O)Nc2ccc(C)cc2OC)c(N)c1. The summed E-state index contributed by atoms with van der Waals surface area (Å²) in [6, 6.07) is 10.5. The summed E-state index contributed by atoms with van der Waals surface area (Å²) in [5.41, 5.74) is 8.27. The average molecular weight is 286 g/mol. The third-order valence-corrected chi connectivity index (χ3v) is 3.11.